The predicted molar refractivity (Wildman–Crippen MR) is 180 cm³/mol. The fraction of sp³-hybridized carbons (Fsp3) is 0.649. The molecule has 1 aromatic rings. The summed E-state index contributed by atoms with van der Waals surface area (Å²) in [5, 5.41) is 72.1. The first-order valence-corrected chi connectivity index (χ1v) is 17.1. The quantitative estimate of drug-likeness (QED) is 0.129. The van der Waals surface area contributed by atoms with Crippen LogP contribution in [0.15, 0.2) is 53.1 Å². The second kappa shape index (κ2) is 14.8. The molecule has 0 bridgehead atoms. The largest absolute Gasteiger partial charge is 0.456 e. The Kier molecular flexibility index (Phi) is 11.7. The molecule has 13 nitrogen and oxygen atoms in total. The van der Waals surface area contributed by atoms with E-state index in [4.69, 9.17) is 14.2 Å². The Morgan fingerprint density at radius 3 is 2.20 bits per heavy atom. The van der Waals surface area contributed by atoms with Crippen molar-refractivity contribution in [2.75, 3.05) is 6.61 Å². The van der Waals surface area contributed by atoms with Crippen molar-refractivity contribution in [2.45, 2.75) is 128 Å². The van der Waals surface area contributed by atoms with E-state index in [9.17, 15) is 45.0 Å². The molecule has 1 heterocycles. The molecule has 1 amide bonds. The molecule has 1 saturated heterocycles. The summed E-state index contributed by atoms with van der Waals surface area (Å²) in [6.45, 7) is 12.3. The van der Waals surface area contributed by atoms with Crippen LogP contribution in [0.2, 0.25) is 0 Å². The van der Waals surface area contributed by atoms with E-state index in [1.807, 2.05) is 0 Å². The Hall–Kier alpha value is -3.17. The van der Waals surface area contributed by atoms with Gasteiger partial charge < -0.3 is 50.2 Å². The van der Waals surface area contributed by atoms with Gasteiger partial charge in [-0.15, -0.1) is 0 Å². The molecule has 4 rings (SSSR count). The smallest absolute Gasteiger partial charge is 0.338 e. The van der Waals surface area contributed by atoms with E-state index in [1.165, 1.54) is 32.1 Å². The van der Waals surface area contributed by atoms with Crippen LogP contribution in [0.4, 0.5) is 0 Å². The van der Waals surface area contributed by atoms with Crippen molar-refractivity contribution in [3.8, 4) is 0 Å². The fourth-order valence-corrected chi connectivity index (χ4v) is 8.05. The first kappa shape index (κ1) is 39.6. The van der Waals surface area contributed by atoms with Gasteiger partial charge in [0.1, 0.15) is 29.5 Å². The monoisotopic (exact) mass is 703 g/mol. The summed E-state index contributed by atoms with van der Waals surface area (Å²) in [5.74, 6) is -4.34. The van der Waals surface area contributed by atoms with Gasteiger partial charge in [0.05, 0.1) is 36.5 Å². The topological polar surface area (TPSA) is 212 Å². The molecular formula is C37H53NO12. The third-order valence-corrected chi connectivity index (χ3v) is 11.0. The zero-order valence-electron chi connectivity index (χ0n) is 30.0. The summed E-state index contributed by atoms with van der Waals surface area (Å²) in [6, 6.07) is 6.88. The maximum Gasteiger partial charge on any atom is 0.338 e. The molecule has 2 aliphatic carbocycles. The lowest BCUT2D eigenvalue weighted by Gasteiger charge is -2.62. The Labute approximate surface area is 292 Å². The lowest BCUT2D eigenvalue weighted by molar-refractivity contribution is -0.329. The summed E-state index contributed by atoms with van der Waals surface area (Å²) in [6.07, 6.45) is -8.45. The zero-order valence-corrected chi connectivity index (χ0v) is 30.0. The maximum atomic E-state index is 13.8. The maximum absolute atomic E-state index is 13.8. The van der Waals surface area contributed by atoms with Crippen molar-refractivity contribution in [3.63, 3.8) is 0 Å². The van der Waals surface area contributed by atoms with E-state index in [-0.39, 0.29) is 29.7 Å². The Bertz CT molecular complexity index is 1490. The van der Waals surface area contributed by atoms with Crippen molar-refractivity contribution in [1.29, 1.82) is 0 Å². The molecule has 0 aromatic heterocycles. The van der Waals surface area contributed by atoms with Gasteiger partial charge in [-0.05, 0) is 56.9 Å². The number of allylic oxidation sites excluding steroid dienone is 1. The minimum Gasteiger partial charge on any atom is -0.456 e. The number of amides is 1. The van der Waals surface area contributed by atoms with Crippen molar-refractivity contribution < 1.29 is 59.2 Å². The number of esters is 2. The minimum absolute atomic E-state index is 0.0921. The average molecular weight is 704 g/mol. The van der Waals surface area contributed by atoms with Crippen LogP contribution < -0.4 is 5.32 Å². The molecule has 278 valence electrons. The Balaban J connectivity index is 1.88. The van der Waals surface area contributed by atoms with Crippen LogP contribution in [0.3, 0.4) is 0 Å². The minimum atomic E-state index is -2.25. The molecule has 7 N–H and O–H groups in total. The molecule has 2 fully saturated rings. The van der Waals surface area contributed by atoms with Crippen LogP contribution in [0.5, 0.6) is 0 Å². The third kappa shape index (κ3) is 7.27. The molecule has 1 aliphatic heterocycles. The average Bonchev–Trinajstić information content (AvgIpc) is 3.03. The van der Waals surface area contributed by atoms with Gasteiger partial charge in [-0.25, -0.2) is 9.59 Å². The van der Waals surface area contributed by atoms with E-state index < -0.39 is 101 Å². The van der Waals surface area contributed by atoms with E-state index in [2.05, 4.69) is 5.32 Å². The third-order valence-electron chi connectivity index (χ3n) is 11.0. The number of aliphatic hydroxyl groups is 6. The number of fused-ring (bicyclic) bond motifs is 1. The van der Waals surface area contributed by atoms with Gasteiger partial charge in [-0.1, -0.05) is 50.6 Å². The van der Waals surface area contributed by atoms with E-state index in [1.54, 1.807) is 59.7 Å². The molecule has 1 saturated carbocycles. The van der Waals surface area contributed by atoms with Crippen molar-refractivity contribution in [2.24, 2.45) is 17.3 Å². The zero-order chi connectivity index (χ0) is 37.5. The van der Waals surface area contributed by atoms with Crippen LogP contribution in [0.1, 0.15) is 78.6 Å². The number of nitrogens with one attached hydrogen (secondary N) is 1. The normalized spacial score (nSPS) is 33.4. The van der Waals surface area contributed by atoms with Crippen molar-refractivity contribution >= 4 is 17.8 Å². The highest BCUT2D eigenvalue weighted by atomic mass is 16.6. The number of aliphatic hydroxyl groups excluding tert-OH is 4. The van der Waals surface area contributed by atoms with Gasteiger partial charge in [0, 0.05) is 31.1 Å². The molecule has 50 heavy (non-hydrogen) atoms. The second-order valence-corrected chi connectivity index (χ2v) is 15.0. The van der Waals surface area contributed by atoms with Gasteiger partial charge in [0.2, 0.25) is 5.91 Å². The summed E-state index contributed by atoms with van der Waals surface area (Å²) < 4.78 is 17.7. The van der Waals surface area contributed by atoms with Crippen LogP contribution in [0, 0.1) is 17.3 Å². The van der Waals surface area contributed by atoms with Gasteiger partial charge in [0.25, 0.3) is 0 Å². The van der Waals surface area contributed by atoms with E-state index in [0.29, 0.717) is 5.57 Å². The number of benzene rings is 1. The Morgan fingerprint density at radius 2 is 1.68 bits per heavy atom. The first-order valence-electron chi connectivity index (χ1n) is 17.1. The standard InChI is InChI=1S/C37H53NO12/c1-18(2)14-24(38-22(6)40)31(43)34(45)49-26-16-37(47,35(7,8)28(20(26)4)30(42)21(5)39)32(50-33(44)23-12-10-9-11-13-23)29-19(3)25(41)15-27-36(29,46)17-48-27/h9-14,19,21,24-27,29-32,39,41-43,46-47H,15-17H2,1-8H3,(H,38,40)/t19-,21?,24?,25?,26?,27?,29?,30?,31?,32?,36?,37?/m0/s1. The summed E-state index contributed by atoms with van der Waals surface area (Å²) >= 11 is 0. The molecule has 3 aliphatic rings. The van der Waals surface area contributed by atoms with Crippen LogP contribution in [-0.2, 0) is 23.8 Å². The number of carbonyl (C=O) groups is 3. The number of hydrogen-bond donors (Lipinski definition) is 7. The van der Waals surface area contributed by atoms with Gasteiger partial charge in [-0.3, -0.25) is 4.79 Å². The van der Waals surface area contributed by atoms with Crippen molar-refractivity contribution in [1.82, 2.24) is 5.32 Å². The summed E-state index contributed by atoms with van der Waals surface area (Å²) in [5.41, 5.74) is -4.20. The van der Waals surface area contributed by atoms with Crippen molar-refractivity contribution in [3.05, 3.63) is 58.7 Å². The Morgan fingerprint density at radius 1 is 1.06 bits per heavy atom. The van der Waals surface area contributed by atoms with Gasteiger partial charge in [0.15, 0.2) is 6.10 Å². The predicted octanol–water partition coefficient (Wildman–Crippen LogP) is 1.32. The number of hydrogen-bond acceptors (Lipinski definition) is 12. The highest BCUT2D eigenvalue weighted by Crippen LogP contribution is 2.57. The van der Waals surface area contributed by atoms with Crippen LogP contribution >= 0.6 is 0 Å². The van der Waals surface area contributed by atoms with E-state index in [0.717, 1.165) is 0 Å². The van der Waals surface area contributed by atoms with E-state index >= 15 is 0 Å². The second-order valence-electron chi connectivity index (χ2n) is 15.0. The molecule has 0 spiro atoms. The van der Waals surface area contributed by atoms with Crippen LogP contribution in [-0.4, -0.2) is 115 Å². The fourth-order valence-electron chi connectivity index (χ4n) is 8.05. The van der Waals surface area contributed by atoms with Gasteiger partial charge in [-0.2, -0.15) is 0 Å². The number of rotatable bonds is 11. The van der Waals surface area contributed by atoms with Gasteiger partial charge >= 0.3 is 11.9 Å². The summed E-state index contributed by atoms with van der Waals surface area (Å²) in [7, 11) is 0. The highest BCUT2D eigenvalue weighted by molar-refractivity contribution is 5.89. The number of carbonyl (C=O) groups excluding carboxylic acids is 3. The molecular weight excluding hydrogens is 650 g/mol. The highest BCUT2D eigenvalue weighted by Gasteiger charge is 2.69. The first-order chi connectivity index (χ1) is 23.2. The molecule has 1 aromatic carbocycles. The summed E-state index contributed by atoms with van der Waals surface area (Å²) in [4.78, 5) is 39.3. The molecule has 13 heteroatoms. The lowest BCUT2D eigenvalue weighted by Crippen LogP contribution is -2.75. The SMILES string of the molecule is CC(=O)NC(C=C(C)C)C(O)C(=O)OC1CC(O)(C(OC(=O)c2ccccc2)C2[C@@H](C)C(O)CC3OCC32O)C(C)(C)C(C(O)C(C)O)=C1C. The molecule has 0 radical (unpaired) electrons. The number of ether oxygens (including phenoxy) is 3. The lowest BCUT2D eigenvalue weighted by atomic mass is 9.52. The molecule has 12 atom stereocenters. The molecule has 11 unspecified atom stereocenters. The van der Waals surface area contributed by atoms with Crippen LogP contribution in [0.25, 0.3) is 0 Å².